The number of rotatable bonds is 4. The van der Waals surface area contributed by atoms with Crippen LogP contribution in [0, 0.1) is 0 Å². The third kappa shape index (κ3) is 3.89. The molecule has 0 N–H and O–H groups in total. The molecule has 2 aliphatic rings. The average Bonchev–Trinajstić information content (AvgIpc) is 3.20. The van der Waals surface area contributed by atoms with E-state index in [1.54, 1.807) is 0 Å². The number of likely N-dealkylation sites (N-methyl/N-ethyl adjacent to an activating group) is 1. The Kier molecular flexibility index (Phi) is 5.01. The van der Waals surface area contributed by atoms with Gasteiger partial charge in [0.15, 0.2) is 0 Å². The predicted molar refractivity (Wildman–Crippen MR) is 120 cm³/mol. The Morgan fingerprint density at radius 3 is 2.34 bits per heavy atom. The first-order valence-electron chi connectivity index (χ1n) is 10.5. The summed E-state index contributed by atoms with van der Waals surface area (Å²) in [6, 6.07) is 22.0. The van der Waals surface area contributed by atoms with Crippen molar-refractivity contribution in [3.63, 3.8) is 0 Å². The van der Waals surface area contributed by atoms with Crippen molar-refractivity contribution >= 4 is 5.57 Å². The minimum absolute atomic E-state index is 0.920. The molecular formula is C26H27N3. The van der Waals surface area contributed by atoms with Crippen molar-refractivity contribution in [1.29, 1.82) is 0 Å². The molecule has 2 aromatic carbocycles. The van der Waals surface area contributed by atoms with Crippen molar-refractivity contribution in [3.05, 3.63) is 95.3 Å². The van der Waals surface area contributed by atoms with E-state index in [-0.39, 0.29) is 0 Å². The number of piperazine rings is 1. The highest BCUT2D eigenvalue weighted by Gasteiger charge is 2.18. The summed E-state index contributed by atoms with van der Waals surface area (Å²) in [5.41, 5.74) is 8.85. The fraction of sp³-hybridized carbons (Fsp3) is 0.269. The Bertz CT molecular complexity index is 1010. The number of fused-ring (bicyclic) bond motifs is 1. The quantitative estimate of drug-likeness (QED) is 0.664. The smallest absolute Gasteiger partial charge is 0.0520 e. The van der Waals surface area contributed by atoms with Crippen LogP contribution in [0.15, 0.2) is 72.9 Å². The lowest BCUT2D eigenvalue weighted by Gasteiger charge is -2.32. The van der Waals surface area contributed by atoms with Gasteiger partial charge in [-0.1, -0.05) is 60.7 Å². The number of pyridine rings is 1. The van der Waals surface area contributed by atoms with Gasteiger partial charge in [-0.3, -0.25) is 9.88 Å². The second-order valence-electron chi connectivity index (χ2n) is 8.18. The third-order valence-electron chi connectivity index (χ3n) is 6.13. The topological polar surface area (TPSA) is 19.4 Å². The molecule has 0 radical (unpaired) electrons. The zero-order chi connectivity index (χ0) is 19.6. The van der Waals surface area contributed by atoms with Crippen LogP contribution in [0.3, 0.4) is 0 Å². The van der Waals surface area contributed by atoms with E-state index in [4.69, 9.17) is 4.98 Å². The highest BCUT2D eigenvalue weighted by Crippen LogP contribution is 2.34. The molecule has 1 saturated heterocycles. The number of hydrogen-bond acceptors (Lipinski definition) is 3. The fourth-order valence-corrected chi connectivity index (χ4v) is 4.31. The average molecular weight is 382 g/mol. The molecular weight excluding hydrogens is 354 g/mol. The molecule has 0 saturated carbocycles. The number of allylic oxidation sites excluding steroid dienone is 1. The van der Waals surface area contributed by atoms with E-state index in [0.29, 0.717) is 0 Å². The summed E-state index contributed by atoms with van der Waals surface area (Å²) >= 11 is 0. The zero-order valence-corrected chi connectivity index (χ0v) is 17.0. The molecule has 0 amide bonds. The standard InChI is InChI=1S/C26H27N3/c1-28-13-15-29(16-14-28)19-20-7-9-21(10-8-20)23-17-25-24(11-12-26(25)27-18-23)22-5-3-2-4-6-22/h2-11,17-18H,12-16,19H2,1H3. The van der Waals surface area contributed by atoms with E-state index in [1.165, 1.54) is 39.1 Å². The van der Waals surface area contributed by atoms with Gasteiger partial charge in [-0.2, -0.15) is 0 Å². The first-order chi connectivity index (χ1) is 14.3. The van der Waals surface area contributed by atoms with Crippen molar-refractivity contribution in [2.24, 2.45) is 0 Å². The van der Waals surface area contributed by atoms with Crippen molar-refractivity contribution in [1.82, 2.24) is 14.8 Å². The predicted octanol–water partition coefficient (Wildman–Crippen LogP) is 4.48. The van der Waals surface area contributed by atoms with Crippen LogP contribution in [-0.2, 0) is 13.0 Å². The van der Waals surface area contributed by atoms with E-state index in [2.05, 4.69) is 83.6 Å². The number of hydrogen-bond donors (Lipinski definition) is 0. The molecule has 1 aromatic heterocycles. The maximum Gasteiger partial charge on any atom is 0.0520 e. The van der Waals surface area contributed by atoms with Gasteiger partial charge < -0.3 is 4.90 Å². The first kappa shape index (κ1) is 18.3. The molecule has 146 valence electrons. The summed E-state index contributed by atoms with van der Waals surface area (Å²) in [5.74, 6) is 0. The van der Waals surface area contributed by atoms with Crippen molar-refractivity contribution < 1.29 is 0 Å². The Morgan fingerprint density at radius 2 is 1.59 bits per heavy atom. The lowest BCUT2D eigenvalue weighted by molar-refractivity contribution is 0.148. The lowest BCUT2D eigenvalue weighted by Crippen LogP contribution is -2.43. The van der Waals surface area contributed by atoms with Crippen LogP contribution in [0.2, 0.25) is 0 Å². The summed E-state index contributed by atoms with van der Waals surface area (Å²) < 4.78 is 0. The summed E-state index contributed by atoms with van der Waals surface area (Å²) in [4.78, 5) is 9.72. The molecule has 0 bridgehead atoms. The fourth-order valence-electron chi connectivity index (χ4n) is 4.31. The highest BCUT2D eigenvalue weighted by atomic mass is 15.2. The van der Waals surface area contributed by atoms with E-state index < -0.39 is 0 Å². The Hall–Kier alpha value is -2.75. The van der Waals surface area contributed by atoms with Gasteiger partial charge in [0.25, 0.3) is 0 Å². The van der Waals surface area contributed by atoms with Gasteiger partial charge in [-0.05, 0) is 35.4 Å². The molecule has 0 unspecified atom stereocenters. The van der Waals surface area contributed by atoms with E-state index in [0.717, 1.165) is 39.1 Å². The third-order valence-corrected chi connectivity index (χ3v) is 6.13. The Morgan fingerprint density at radius 1 is 0.828 bits per heavy atom. The van der Waals surface area contributed by atoms with Gasteiger partial charge in [0, 0.05) is 56.5 Å². The van der Waals surface area contributed by atoms with Crippen molar-refractivity contribution in [2.75, 3.05) is 33.2 Å². The van der Waals surface area contributed by atoms with Gasteiger partial charge in [0.05, 0.1) is 5.69 Å². The van der Waals surface area contributed by atoms with Crippen molar-refractivity contribution in [2.45, 2.75) is 13.0 Å². The molecule has 0 spiro atoms. The van der Waals surface area contributed by atoms with Gasteiger partial charge in [-0.25, -0.2) is 0 Å². The van der Waals surface area contributed by atoms with Crippen molar-refractivity contribution in [3.8, 4) is 11.1 Å². The maximum atomic E-state index is 4.77. The first-order valence-corrected chi connectivity index (χ1v) is 10.5. The molecule has 2 heterocycles. The second-order valence-corrected chi connectivity index (χ2v) is 8.18. The monoisotopic (exact) mass is 381 g/mol. The maximum absolute atomic E-state index is 4.77. The summed E-state index contributed by atoms with van der Waals surface area (Å²) in [6.45, 7) is 5.67. The van der Waals surface area contributed by atoms with Crippen LogP contribution in [0.1, 0.15) is 22.4 Å². The molecule has 3 heteroatoms. The normalized spacial score (nSPS) is 17.2. The van der Waals surface area contributed by atoms with E-state index >= 15 is 0 Å². The number of nitrogens with zero attached hydrogens (tertiary/aromatic N) is 3. The summed E-state index contributed by atoms with van der Waals surface area (Å²) in [5, 5.41) is 0. The minimum atomic E-state index is 0.920. The van der Waals surface area contributed by atoms with Crippen LogP contribution in [0.4, 0.5) is 0 Å². The highest BCUT2D eigenvalue weighted by molar-refractivity contribution is 5.85. The van der Waals surface area contributed by atoms with E-state index in [9.17, 15) is 0 Å². The van der Waals surface area contributed by atoms with Crippen LogP contribution in [0.5, 0.6) is 0 Å². The second kappa shape index (κ2) is 7.94. The summed E-state index contributed by atoms with van der Waals surface area (Å²) in [6.07, 6.45) is 5.25. The van der Waals surface area contributed by atoms with Gasteiger partial charge >= 0.3 is 0 Å². The molecule has 3 nitrogen and oxygen atoms in total. The Labute approximate surface area is 173 Å². The van der Waals surface area contributed by atoms with Crippen LogP contribution < -0.4 is 0 Å². The SMILES string of the molecule is CN1CCN(Cc2ccc(-c3cnc4c(c3)C(c3ccccc3)=CC4)cc2)CC1. The lowest BCUT2D eigenvalue weighted by atomic mass is 9.97. The largest absolute Gasteiger partial charge is 0.304 e. The van der Waals surface area contributed by atoms with E-state index in [1.807, 2.05) is 6.20 Å². The molecule has 0 atom stereocenters. The number of aromatic nitrogens is 1. The molecule has 5 rings (SSSR count). The zero-order valence-electron chi connectivity index (χ0n) is 17.0. The van der Waals surface area contributed by atoms with Crippen LogP contribution in [-0.4, -0.2) is 48.0 Å². The molecule has 1 fully saturated rings. The van der Waals surface area contributed by atoms with Crippen LogP contribution in [0.25, 0.3) is 16.7 Å². The van der Waals surface area contributed by atoms with Crippen LogP contribution >= 0.6 is 0 Å². The van der Waals surface area contributed by atoms with Gasteiger partial charge in [-0.15, -0.1) is 0 Å². The number of benzene rings is 2. The molecule has 29 heavy (non-hydrogen) atoms. The Balaban J connectivity index is 1.35. The molecule has 3 aromatic rings. The van der Waals surface area contributed by atoms with Gasteiger partial charge in [0.2, 0.25) is 0 Å². The summed E-state index contributed by atoms with van der Waals surface area (Å²) in [7, 11) is 2.20. The molecule has 1 aliphatic carbocycles. The minimum Gasteiger partial charge on any atom is -0.304 e. The van der Waals surface area contributed by atoms with Gasteiger partial charge in [0.1, 0.15) is 0 Å². The molecule has 1 aliphatic heterocycles.